The normalized spacial score (nSPS) is 10.9. The molecule has 3 rings (SSSR count). The fraction of sp³-hybridized carbons (Fsp3) is 0.296. The first kappa shape index (κ1) is 26.3. The summed E-state index contributed by atoms with van der Waals surface area (Å²) in [5.41, 5.74) is 1.24. The third-order valence-corrected chi connectivity index (χ3v) is 4.89. The fourth-order valence-corrected chi connectivity index (χ4v) is 3.22. The minimum absolute atomic E-state index is 0.188. The van der Waals surface area contributed by atoms with Gasteiger partial charge in [0.15, 0.2) is 12.4 Å². The lowest BCUT2D eigenvalue weighted by molar-refractivity contribution is -0.118. The maximum Gasteiger partial charge on any atom is 0.410 e. The smallest absolute Gasteiger partial charge is 0.410 e. The van der Waals surface area contributed by atoms with Crippen molar-refractivity contribution in [3.05, 3.63) is 78.3 Å². The van der Waals surface area contributed by atoms with Gasteiger partial charge in [0.1, 0.15) is 11.4 Å². The number of furan rings is 1. The van der Waals surface area contributed by atoms with E-state index in [0.29, 0.717) is 23.7 Å². The molecule has 0 saturated heterocycles. The van der Waals surface area contributed by atoms with Gasteiger partial charge in [-0.3, -0.25) is 9.59 Å². The van der Waals surface area contributed by atoms with E-state index in [-0.39, 0.29) is 30.7 Å². The quantitative estimate of drug-likeness (QED) is 0.418. The van der Waals surface area contributed by atoms with Crippen LogP contribution in [0.2, 0.25) is 0 Å². The average molecular weight is 494 g/mol. The molecular weight excluding hydrogens is 462 g/mol. The van der Waals surface area contributed by atoms with Gasteiger partial charge in [-0.15, -0.1) is 0 Å². The van der Waals surface area contributed by atoms with E-state index in [1.165, 1.54) is 6.26 Å². The Morgan fingerprint density at radius 3 is 2.44 bits per heavy atom. The molecule has 3 amide bonds. The number of carbonyl (C=O) groups is 3. The summed E-state index contributed by atoms with van der Waals surface area (Å²) in [7, 11) is 0. The Hall–Kier alpha value is -4.27. The molecule has 1 heterocycles. The molecule has 0 aliphatic rings. The van der Waals surface area contributed by atoms with Gasteiger partial charge >= 0.3 is 6.09 Å². The molecule has 2 aromatic carbocycles. The van der Waals surface area contributed by atoms with Crippen LogP contribution in [0.5, 0.6) is 5.75 Å². The largest absolute Gasteiger partial charge is 0.484 e. The summed E-state index contributed by atoms with van der Waals surface area (Å²) >= 11 is 0. The fourth-order valence-electron chi connectivity index (χ4n) is 3.22. The van der Waals surface area contributed by atoms with Crippen LogP contribution in [0, 0.1) is 0 Å². The van der Waals surface area contributed by atoms with Crippen molar-refractivity contribution in [1.29, 1.82) is 0 Å². The van der Waals surface area contributed by atoms with Gasteiger partial charge in [0.25, 0.3) is 11.8 Å². The summed E-state index contributed by atoms with van der Waals surface area (Å²) in [4.78, 5) is 38.8. The van der Waals surface area contributed by atoms with Crippen LogP contribution >= 0.6 is 0 Å². The minimum Gasteiger partial charge on any atom is -0.484 e. The number of rotatable bonds is 9. The lowest BCUT2D eigenvalue weighted by Crippen LogP contribution is -2.36. The molecule has 0 spiro atoms. The number of amides is 3. The van der Waals surface area contributed by atoms with Crippen LogP contribution in [0.4, 0.5) is 16.2 Å². The van der Waals surface area contributed by atoms with Gasteiger partial charge in [-0.2, -0.15) is 0 Å². The maximum atomic E-state index is 12.6. The van der Waals surface area contributed by atoms with E-state index >= 15 is 0 Å². The summed E-state index contributed by atoms with van der Waals surface area (Å²) < 4.78 is 16.2. The van der Waals surface area contributed by atoms with Crippen LogP contribution in [0.3, 0.4) is 0 Å². The van der Waals surface area contributed by atoms with E-state index < -0.39 is 11.7 Å². The first-order chi connectivity index (χ1) is 17.1. The lowest BCUT2D eigenvalue weighted by Gasteiger charge is -2.27. The zero-order valence-corrected chi connectivity index (χ0v) is 20.9. The highest BCUT2D eigenvalue weighted by molar-refractivity contribution is 6.02. The molecule has 3 aromatic rings. The Morgan fingerprint density at radius 2 is 1.75 bits per heavy atom. The van der Waals surface area contributed by atoms with Crippen LogP contribution in [0.25, 0.3) is 0 Å². The topological polar surface area (TPSA) is 110 Å². The number of anilines is 2. The molecule has 0 aliphatic carbocycles. The standard InChI is InChI=1S/C27H31N3O6/c1-5-30(26(33)36-27(2,3)4)17-19-10-6-7-13-22(19)29-24(31)18-35-21-12-8-11-20(16-21)28-25(32)23-14-9-15-34-23/h6-16H,5,17-18H2,1-4H3,(H,28,32)(H,29,31). The third kappa shape index (κ3) is 7.90. The van der Waals surface area contributed by atoms with Gasteiger partial charge in [0.2, 0.25) is 0 Å². The van der Waals surface area contributed by atoms with Crippen LogP contribution in [-0.2, 0) is 16.1 Å². The van der Waals surface area contributed by atoms with Gasteiger partial charge in [0.05, 0.1) is 12.8 Å². The molecule has 0 atom stereocenters. The second kappa shape index (κ2) is 11.9. The number of hydrogen-bond acceptors (Lipinski definition) is 6. The number of carbonyl (C=O) groups excluding carboxylic acids is 3. The van der Waals surface area contributed by atoms with Crippen molar-refractivity contribution in [2.45, 2.75) is 39.8 Å². The Bertz CT molecular complexity index is 1180. The molecule has 190 valence electrons. The maximum absolute atomic E-state index is 12.6. The van der Waals surface area contributed by atoms with Crippen LogP contribution in [-0.4, -0.2) is 41.6 Å². The molecule has 9 nitrogen and oxygen atoms in total. The third-order valence-electron chi connectivity index (χ3n) is 4.89. The molecular formula is C27H31N3O6. The Morgan fingerprint density at radius 1 is 0.972 bits per heavy atom. The van der Waals surface area contributed by atoms with E-state index in [9.17, 15) is 14.4 Å². The molecule has 0 fully saturated rings. The predicted molar refractivity (Wildman–Crippen MR) is 136 cm³/mol. The Balaban J connectivity index is 1.58. The number of para-hydroxylation sites is 1. The highest BCUT2D eigenvalue weighted by Crippen LogP contribution is 2.21. The van der Waals surface area contributed by atoms with Crippen LogP contribution in [0.1, 0.15) is 43.8 Å². The number of hydrogen-bond donors (Lipinski definition) is 2. The zero-order valence-electron chi connectivity index (χ0n) is 20.9. The predicted octanol–water partition coefficient (Wildman–Crippen LogP) is 5.31. The average Bonchev–Trinajstić information content (AvgIpc) is 3.36. The van der Waals surface area contributed by atoms with Crippen molar-refractivity contribution in [2.75, 3.05) is 23.8 Å². The van der Waals surface area contributed by atoms with Gasteiger partial charge < -0.3 is 29.4 Å². The van der Waals surface area contributed by atoms with Crippen molar-refractivity contribution in [3.63, 3.8) is 0 Å². The second-order valence-electron chi connectivity index (χ2n) is 8.95. The van der Waals surface area contributed by atoms with Crippen molar-refractivity contribution in [2.24, 2.45) is 0 Å². The molecule has 0 aliphatic heterocycles. The molecule has 9 heteroatoms. The van der Waals surface area contributed by atoms with Crippen molar-refractivity contribution in [1.82, 2.24) is 4.90 Å². The summed E-state index contributed by atoms with van der Waals surface area (Å²) in [6.07, 6.45) is 0.996. The second-order valence-corrected chi connectivity index (χ2v) is 8.95. The van der Waals surface area contributed by atoms with E-state index in [4.69, 9.17) is 13.9 Å². The van der Waals surface area contributed by atoms with E-state index in [1.54, 1.807) is 53.4 Å². The van der Waals surface area contributed by atoms with Gasteiger partial charge in [-0.05, 0) is 63.6 Å². The number of nitrogens with one attached hydrogen (secondary N) is 2. The van der Waals surface area contributed by atoms with E-state index in [0.717, 1.165) is 5.56 Å². The zero-order chi connectivity index (χ0) is 26.1. The highest BCUT2D eigenvalue weighted by atomic mass is 16.6. The van der Waals surface area contributed by atoms with Gasteiger partial charge in [0, 0.05) is 24.0 Å². The highest BCUT2D eigenvalue weighted by Gasteiger charge is 2.22. The molecule has 0 saturated carbocycles. The monoisotopic (exact) mass is 493 g/mol. The first-order valence-electron chi connectivity index (χ1n) is 11.6. The number of benzene rings is 2. The molecule has 1 aromatic heterocycles. The van der Waals surface area contributed by atoms with E-state index in [2.05, 4.69) is 10.6 Å². The minimum atomic E-state index is -0.603. The van der Waals surface area contributed by atoms with Crippen molar-refractivity contribution >= 4 is 29.3 Å². The number of nitrogens with zero attached hydrogens (tertiary/aromatic N) is 1. The summed E-state index contributed by atoms with van der Waals surface area (Å²) in [6, 6.07) is 17.1. The molecule has 36 heavy (non-hydrogen) atoms. The summed E-state index contributed by atoms with van der Waals surface area (Å²) in [5.74, 6) is -0.155. The lowest BCUT2D eigenvalue weighted by atomic mass is 10.1. The summed E-state index contributed by atoms with van der Waals surface area (Å²) in [5, 5.41) is 5.55. The Labute approximate surface area is 210 Å². The van der Waals surface area contributed by atoms with E-state index in [1.807, 2.05) is 39.8 Å². The van der Waals surface area contributed by atoms with Crippen LogP contribution in [0.15, 0.2) is 71.3 Å². The Kier molecular flexibility index (Phi) is 8.72. The molecule has 0 radical (unpaired) electrons. The SMILES string of the molecule is CCN(Cc1ccccc1NC(=O)COc1cccc(NC(=O)c2ccco2)c1)C(=O)OC(C)(C)C. The van der Waals surface area contributed by atoms with Crippen molar-refractivity contribution < 1.29 is 28.3 Å². The van der Waals surface area contributed by atoms with Gasteiger partial charge in [-0.25, -0.2) is 4.79 Å². The number of ether oxygens (including phenoxy) is 2. The van der Waals surface area contributed by atoms with Gasteiger partial charge in [-0.1, -0.05) is 24.3 Å². The summed E-state index contributed by atoms with van der Waals surface area (Å²) in [6.45, 7) is 7.80. The van der Waals surface area contributed by atoms with Crippen molar-refractivity contribution in [3.8, 4) is 5.75 Å². The van der Waals surface area contributed by atoms with Crippen LogP contribution < -0.4 is 15.4 Å². The molecule has 0 unspecified atom stereocenters. The molecule has 2 N–H and O–H groups in total. The first-order valence-corrected chi connectivity index (χ1v) is 11.6. The molecule has 0 bridgehead atoms.